The van der Waals surface area contributed by atoms with E-state index in [0.717, 1.165) is 12.0 Å². The largest absolute Gasteiger partial charge is 0.379 e. The third-order valence-corrected chi connectivity index (χ3v) is 4.95. The number of primary amides is 1. The molecule has 0 aromatic heterocycles. The molecule has 0 radical (unpaired) electrons. The van der Waals surface area contributed by atoms with E-state index in [-0.39, 0.29) is 24.2 Å². The van der Waals surface area contributed by atoms with Crippen LogP contribution in [0.1, 0.15) is 60.3 Å². The van der Waals surface area contributed by atoms with Gasteiger partial charge in [-0.1, -0.05) is 38.8 Å². The fourth-order valence-corrected chi connectivity index (χ4v) is 3.40. The van der Waals surface area contributed by atoms with Crippen molar-refractivity contribution in [3.8, 4) is 0 Å². The number of Topliss-reactive ketones (excluding diaryl/α,β-unsaturated/α-hetero) is 2. The predicted molar refractivity (Wildman–Crippen MR) is 101 cm³/mol. The van der Waals surface area contributed by atoms with E-state index in [4.69, 9.17) is 5.73 Å². The SMILES string of the molecule is CCC(=O)C1=CN(CCCC(N)=O)[C@H](/C(C)=C/[C@@H](C)CC)[C@](C)(O)C1=O. The molecule has 0 saturated carbocycles. The zero-order valence-corrected chi connectivity index (χ0v) is 16.5. The highest BCUT2D eigenvalue weighted by Crippen LogP contribution is 2.33. The van der Waals surface area contributed by atoms with Gasteiger partial charge in [-0.15, -0.1) is 0 Å². The number of amides is 1. The lowest BCUT2D eigenvalue weighted by Gasteiger charge is -2.44. The Morgan fingerprint density at radius 1 is 1.42 bits per heavy atom. The van der Waals surface area contributed by atoms with Crippen LogP contribution >= 0.6 is 0 Å². The minimum absolute atomic E-state index is 0.0177. The molecule has 146 valence electrons. The highest BCUT2D eigenvalue weighted by molar-refractivity contribution is 6.23. The normalized spacial score (nSPS) is 25.1. The molecule has 0 unspecified atom stereocenters. The van der Waals surface area contributed by atoms with Crippen LogP contribution in [0.4, 0.5) is 0 Å². The first-order valence-electron chi connectivity index (χ1n) is 9.30. The number of rotatable bonds is 9. The van der Waals surface area contributed by atoms with Crippen LogP contribution in [0.25, 0.3) is 0 Å². The van der Waals surface area contributed by atoms with Gasteiger partial charge in [-0.25, -0.2) is 0 Å². The highest BCUT2D eigenvalue weighted by atomic mass is 16.3. The standard InChI is InChI=1S/C20H32N2O4/c1-6-13(3)11-14(4)18-20(5,26)19(25)15(16(23)7-2)12-22(18)10-8-9-17(21)24/h11-13,18,26H,6-10H2,1-5H3,(H2,21,24)/b14-11+/t13-,18+,20-/m0/s1. The first kappa shape index (κ1) is 22.1. The van der Waals surface area contributed by atoms with Gasteiger partial charge in [-0.05, 0) is 26.2 Å². The molecule has 1 heterocycles. The number of nitrogens with zero attached hydrogens (tertiary/aromatic N) is 1. The molecule has 0 bridgehead atoms. The van der Waals surface area contributed by atoms with Crippen molar-refractivity contribution in [2.24, 2.45) is 11.7 Å². The molecule has 0 aromatic rings. The number of carbonyl (C=O) groups excluding carboxylic acids is 3. The number of hydrogen-bond donors (Lipinski definition) is 2. The zero-order chi connectivity index (χ0) is 20.1. The molecule has 26 heavy (non-hydrogen) atoms. The summed E-state index contributed by atoms with van der Waals surface area (Å²) in [5, 5.41) is 11.0. The summed E-state index contributed by atoms with van der Waals surface area (Å²) in [7, 11) is 0. The van der Waals surface area contributed by atoms with Crippen LogP contribution in [0.5, 0.6) is 0 Å². The third kappa shape index (κ3) is 5.04. The van der Waals surface area contributed by atoms with Gasteiger partial charge in [-0.3, -0.25) is 14.4 Å². The average molecular weight is 364 g/mol. The molecule has 1 aliphatic rings. The van der Waals surface area contributed by atoms with E-state index in [1.165, 1.54) is 6.92 Å². The maximum absolute atomic E-state index is 12.8. The predicted octanol–water partition coefficient (Wildman–Crippen LogP) is 2.11. The van der Waals surface area contributed by atoms with E-state index in [1.807, 2.05) is 13.0 Å². The minimum atomic E-state index is -1.71. The van der Waals surface area contributed by atoms with E-state index in [9.17, 15) is 19.5 Å². The van der Waals surface area contributed by atoms with Gasteiger partial charge < -0.3 is 15.7 Å². The van der Waals surface area contributed by atoms with Crippen molar-refractivity contribution >= 4 is 17.5 Å². The first-order chi connectivity index (χ1) is 12.1. The lowest BCUT2D eigenvalue weighted by Crippen LogP contribution is -2.59. The van der Waals surface area contributed by atoms with E-state index in [1.54, 1.807) is 18.0 Å². The van der Waals surface area contributed by atoms with Gasteiger partial charge in [0.05, 0.1) is 11.6 Å². The fourth-order valence-electron chi connectivity index (χ4n) is 3.40. The van der Waals surface area contributed by atoms with Crippen LogP contribution in [0, 0.1) is 5.92 Å². The summed E-state index contributed by atoms with van der Waals surface area (Å²) in [4.78, 5) is 37.8. The molecule has 1 aliphatic heterocycles. The molecule has 6 heteroatoms. The average Bonchev–Trinajstić information content (AvgIpc) is 2.56. The Labute approximate surface area is 156 Å². The smallest absolute Gasteiger partial charge is 0.217 e. The summed E-state index contributed by atoms with van der Waals surface area (Å²) < 4.78 is 0. The van der Waals surface area contributed by atoms with Crippen molar-refractivity contribution in [1.29, 1.82) is 0 Å². The molecule has 1 amide bonds. The van der Waals surface area contributed by atoms with Gasteiger partial charge in [-0.2, -0.15) is 0 Å². The van der Waals surface area contributed by atoms with Crippen LogP contribution in [-0.2, 0) is 14.4 Å². The molecule has 0 aliphatic carbocycles. The van der Waals surface area contributed by atoms with E-state index in [0.29, 0.717) is 18.9 Å². The van der Waals surface area contributed by atoms with Crippen molar-refractivity contribution in [3.05, 3.63) is 23.4 Å². The number of allylic oxidation sites excluding steroid dienone is 1. The van der Waals surface area contributed by atoms with Crippen LogP contribution < -0.4 is 5.73 Å². The number of aliphatic hydroxyl groups is 1. The second-order valence-electron chi connectivity index (χ2n) is 7.30. The van der Waals surface area contributed by atoms with Gasteiger partial charge in [0.2, 0.25) is 11.7 Å². The van der Waals surface area contributed by atoms with E-state index in [2.05, 4.69) is 13.8 Å². The highest BCUT2D eigenvalue weighted by Gasteiger charge is 2.48. The fraction of sp³-hybridized carbons (Fsp3) is 0.650. The van der Waals surface area contributed by atoms with E-state index < -0.39 is 23.3 Å². The maximum atomic E-state index is 12.8. The molecule has 6 nitrogen and oxygen atoms in total. The number of ketones is 2. The van der Waals surface area contributed by atoms with Crippen LogP contribution in [0.2, 0.25) is 0 Å². The molecule has 0 fully saturated rings. The van der Waals surface area contributed by atoms with Crippen molar-refractivity contribution in [2.75, 3.05) is 6.54 Å². The third-order valence-electron chi connectivity index (χ3n) is 4.95. The Morgan fingerprint density at radius 3 is 2.54 bits per heavy atom. The first-order valence-corrected chi connectivity index (χ1v) is 9.30. The van der Waals surface area contributed by atoms with Gasteiger partial charge in [0.1, 0.15) is 5.60 Å². The molecular weight excluding hydrogens is 332 g/mol. The van der Waals surface area contributed by atoms with Crippen molar-refractivity contribution < 1.29 is 19.5 Å². The Morgan fingerprint density at radius 2 is 2.04 bits per heavy atom. The van der Waals surface area contributed by atoms with Gasteiger partial charge in [0, 0.05) is 25.6 Å². The number of carbonyl (C=O) groups is 3. The van der Waals surface area contributed by atoms with Crippen molar-refractivity contribution in [3.63, 3.8) is 0 Å². The van der Waals surface area contributed by atoms with Gasteiger partial charge in [0.15, 0.2) is 5.78 Å². The Bertz CT molecular complexity index is 619. The monoisotopic (exact) mass is 364 g/mol. The number of hydrogen-bond acceptors (Lipinski definition) is 5. The van der Waals surface area contributed by atoms with Crippen molar-refractivity contribution in [1.82, 2.24) is 4.90 Å². The van der Waals surface area contributed by atoms with Crippen LogP contribution in [-0.4, -0.2) is 45.7 Å². The topological polar surface area (TPSA) is 101 Å². The summed E-state index contributed by atoms with van der Waals surface area (Å²) in [6.45, 7) is 9.60. The number of nitrogens with two attached hydrogens (primary N) is 1. The quantitative estimate of drug-likeness (QED) is 0.482. The Hall–Kier alpha value is -1.95. The molecule has 0 spiro atoms. The Kier molecular flexibility index (Phi) is 7.75. The zero-order valence-electron chi connectivity index (χ0n) is 16.5. The lowest BCUT2D eigenvalue weighted by atomic mass is 9.78. The molecule has 3 N–H and O–H groups in total. The lowest BCUT2D eigenvalue weighted by molar-refractivity contribution is -0.140. The second kappa shape index (κ2) is 9.12. The molecule has 0 saturated heterocycles. The summed E-state index contributed by atoms with van der Waals surface area (Å²) in [5.74, 6) is -0.937. The molecule has 3 atom stereocenters. The van der Waals surface area contributed by atoms with Crippen LogP contribution in [0.3, 0.4) is 0 Å². The molecule has 1 rings (SSSR count). The van der Waals surface area contributed by atoms with E-state index >= 15 is 0 Å². The maximum Gasteiger partial charge on any atom is 0.217 e. The van der Waals surface area contributed by atoms with Gasteiger partial charge in [0.25, 0.3) is 0 Å². The molecular formula is C20H32N2O4. The van der Waals surface area contributed by atoms with Gasteiger partial charge >= 0.3 is 0 Å². The summed E-state index contributed by atoms with van der Waals surface area (Å²) in [6, 6.07) is -0.578. The van der Waals surface area contributed by atoms with Crippen molar-refractivity contribution in [2.45, 2.75) is 71.9 Å². The summed E-state index contributed by atoms with van der Waals surface area (Å²) >= 11 is 0. The summed E-state index contributed by atoms with van der Waals surface area (Å²) in [6.07, 6.45) is 5.42. The summed E-state index contributed by atoms with van der Waals surface area (Å²) in [5.41, 5.74) is 4.39. The molecule has 0 aromatic carbocycles. The van der Waals surface area contributed by atoms with Crippen LogP contribution in [0.15, 0.2) is 23.4 Å². The Balaban J connectivity index is 3.33. The minimum Gasteiger partial charge on any atom is -0.379 e. The second-order valence-corrected chi connectivity index (χ2v) is 7.30.